The molecule has 0 bridgehead atoms. The van der Waals surface area contributed by atoms with Crippen LogP contribution in [-0.4, -0.2) is 73.2 Å². The Hall–Kier alpha value is -0.930. The summed E-state index contributed by atoms with van der Waals surface area (Å²) < 4.78 is 6.16. The Bertz CT molecular complexity index is 674. The van der Waals surface area contributed by atoms with Gasteiger partial charge < -0.3 is 9.64 Å². The molecule has 2 fully saturated rings. The molecule has 28 heavy (non-hydrogen) atoms. The van der Waals surface area contributed by atoms with E-state index in [2.05, 4.69) is 40.7 Å². The summed E-state index contributed by atoms with van der Waals surface area (Å²) in [7, 11) is 4.32. The lowest BCUT2D eigenvalue weighted by Gasteiger charge is -2.30. The van der Waals surface area contributed by atoms with Gasteiger partial charge >= 0.3 is 0 Å². The van der Waals surface area contributed by atoms with Gasteiger partial charge in [0.15, 0.2) is 0 Å². The summed E-state index contributed by atoms with van der Waals surface area (Å²) in [6, 6.07) is 1.81. The summed E-state index contributed by atoms with van der Waals surface area (Å²) in [5.74, 6) is 11.2. The van der Waals surface area contributed by atoms with Crippen LogP contribution in [0, 0.1) is 23.7 Å². The van der Waals surface area contributed by atoms with Crippen molar-refractivity contribution in [3.8, 4) is 17.6 Å². The minimum Gasteiger partial charge on any atom is -0.492 e. The molecule has 0 aromatic carbocycles. The highest BCUT2D eigenvalue weighted by Crippen LogP contribution is 2.30. The molecule has 4 nitrogen and oxygen atoms in total. The summed E-state index contributed by atoms with van der Waals surface area (Å²) in [5, 5.41) is 0.461. The summed E-state index contributed by atoms with van der Waals surface area (Å²) in [6.45, 7) is 4.99. The first-order valence-corrected chi connectivity index (χ1v) is 11.9. The van der Waals surface area contributed by atoms with Gasteiger partial charge in [0.25, 0.3) is 0 Å². The molecular formula is C22H32ClN3OS. The van der Waals surface area contributed by atoms with E-state index in [1.807, 2.05) is 11.8 Å². The van der Waals surface area contributed by atoms with Gasteiger partial charge in [-0.2, -0.15) is 11.8 Å². The van der Waals surface area contributed by atoms with Crippen LogP contribution in [0.5, 0.6) is 5.75 Å². The molecule has 0 unspecified atom stereocenters. The minimum absolute atomic E-state index is 0.461. The molecule has 2 heterocycles. The molecule has 2 aliphatic rings. The van der Waals surface area contributed by atoms with Crippen molar-refractivity contribution in [1.29, 1.82) is 0 Å². The minimum atomic E-state index is 0.461. The van der Waals surface area contributed by atoms with Crippen molar-refractivity contribution in [1.82, 2.24) is 14.8 Å². The Kier molecular flexibility index (Phi) is 8.79. The molecule has 0 radical (unpaired) electrons. The van der Waals surface area contributed by atoms with Crippen molar-refractivity contribution in [2.75, 3.05) is 58.4 Å². The van der Waals surface area contributed by atoms with Gasteiger partial charge in [-0.05, 0) is 51.6 Å². The second-order valence-corrected chi connectivity index (χ2v) is 9.77. The number of hydrogen-bond donors (Lipinski definition) is 0. The standard InChI is InChI=1S/C22H32ClN3OS/c1-25(2)16-18-5-7-19(8-6-18)17-27-21-14-22(23)24-15-20(21)4-3-9-26-10-12-28-13-11-26/h14-15,18-19H,5-13,16-17H2,1-2H3. The average molecular weight is 422 g/mol. The van der Waals surface area contributed by atoms with Crippen LogP contribution in [-0.2, 0) is 0 Å². The number of rotatable bonds is 6. The van der Waals surface area contributed by atoms with Gasteiger partial charge in [0.05, 0.1) is 18.7 Å². The van der Waals surface area contributed by atoms with Crippen LogP contribution < -0.4 is 4.74 Å². The number of hydrogen-bond acceptors (Lipinski definition) is 5. The van der Waals surface area contributed by atoms with Crippen LogP contribution in [0.25, 0.3) is 0 Å². The number of pyridine rings is 1. The number of ether oxygens (including phenoxy) is 1. The van der Waals surface area contributed by atoms with Gasteiger partial charge in [-0.25, -0.2) is 4.98 Å². The van der Waals surface area contributed by atoms with E-state index in [4.69, 9.17) is 16.3 Å². The third-order valence-electron chi connectivity index (χ3n) is 5.53. The van der Waals surface area contributed by atoms with E-state index < -0.39 is 0 Å². The predicted molar refractivity (Wildman–Crippen MR) is 119 cm³/mol. The normalized spacial score (nSPS) is 23.3. The van der Waals surface area contributed by atoms with E-state index in [0.717, 1.165) is 43.5 Å². The molecule has 1 saturated heterocycles. The van der Waals surface area contributed by atoms with Crippen LogP contribution in [0.3, 0.4) is 0 Å². The zero-order valence-electron chi connectivity index (χ0n) is 17.1. The van der Waals surface area contributed by atoms with Crippen molar-refractivity contribution in [3.05, 3.63) is 23.0 Å². The molecule has 6 heteroatoms. The fraction of sp³-hybridized carbons (Fsp3) is 0.682. The summed E-state index contributed by atoms with van der Waals surface area (Å²) in [4.78, 5) is 8.90. The quantitative estimate of drug-likeness (QED) is 0.513. The number of halogens is 1. The maximum absolute atomic E-state index is 6.16. The van der Waals surface area contributed by atoms with E-state index in [-0.39, 0.29) is 0 Å². The molecule has 1 saturated carbocycles. The molecular weight excluding hydrogens is 390 g/mol. The van der Waals surface area contributed by atoms with Crippen molar-refractivity contribution >= 4 is 23.4 Å². The van der Waals surface area contributed by atoms with Gasteiger partial charge in [-0.15, -0.1) is 0 Å². The summed E-state index contributed by atoms with van der Waals surface area (Å²) in [6.07, 6.45) is 6.81. The van der Waals surface area contributed by atoms with E-state index in [0.29, 0.717) is 11.1 Å². The zero-order valence-corrected chi connectivity index (χ0v) is 18.7. The number of nitrogens with zero attached hydrogens (tertiary/aromatic N) is 3. The van der Waals surface area contributed by atoms with Crippen molar-refractivity contribution in [2.45, 2.75) is 25.7 Å². The Morgan fingerprint density at radius 3 is 2.64 bits per heavy atom. The van der Waals surface area contributed by atoms with Gasteiger partial charge in [-0.3, -0.25) is 4.90 Å². The highest BCUT2D eigenvalue weighted by atomic mass is 35.5. The van der Waals surface area contributed by atoms with Gasteiger partial charge in [-0.1, -0.05) is 23.4 Å². The Labute approximate surface area is 179 Å². The highest BCUT2D eigenvalue weighted by Gasteiger charge is 2.22. The van der Waals surface area contributed by atoms with E-state index in [1.54, 1.807) is 12.3 Å². The smallest absolute Gasteiger partial charge is 0.139 e. The first-order chi connectivity index (χ1) is 13.6. The second kappa shape index (κ2) is 11.3. The first kappa shape index (κ1) is 21.8. The lowest BCUT2D eigenvalue weighted by molar-refractivity contribution is 0.166. The van der Waals surface area contributed by atoms with Gasteiger partial charge in [0.2, 0.25) is 0 Å². The molecule has 3 rings (SSSR count). The Morgan fingerprint density at radius 2 is 1.93 bits per heavy atom. The lowest BCUT2D eigenvalue weighted by atomic mass is 9.82. The molecule has 0 amide bonds. The molecule has 1 aliphatic heterocycles. The Morgan fingerprint density at radius 1 is 1.21 bits per heavy atom. The van der Waals surface area contributed by atoms with Crippen molar-refractivity contribution in [2.24, 2.45) is 11.8 Å². The molecule has 0 spiro atoms. The van der Waals surface area contributed by atoms with Crippen LogP contribution in [0.4, 0.5) is 0 Å². The average Bonchev–Trinajstić information content (AvgIpc) is 2.69. The predicted octanol–water partition coefficient (Wildman–Crippen LogP) is 3.88. The van der Waals surface area contributed by atoms with Crippen molar-refractivity contribution < 1.29 is 4.74 Å². The molecule has 154 valence electrons. The van der Waals surface area contributed by atoms with Gasteiger partial charge in [0, 0.05) is 43.4 Å². The monoisotopic (exact) mass is 421 g/mol. The fourth-order valence-corrected chi connectivity index (χ4v) is 5.06. The van der Waals surface area contributed by atoms with Crippen LogP contribution >= 0.6 is 23.4 Å². The van der Waals surface area contributed by atoms with E-state index in [9.17, 15) is 0 Å². The molecule has 0 N–H and O–H groups in total. The molecule has 1 aromatic heterocycles. The summed E-state index contributed by atoms with van der Waals surface area (Å²) >= 11 is 8.13. The lowest BCUT2D eigenvalue weighted by Crippen LogP contribution is -2.32. The van der Waals surface area contributed by atoms with E-state index in [1.165, 1.54) is 43.7 Å². The van der Waals surface area contributed by atoms with Crippen LogP contribution in [0.15, 0.2) is 12.3 Å². The van der Waals surface area contributed by atoms with Crippen molar-refractivity contribution in [3.63, 3.8) is 0 Å². The largest absolute Gasteiger partial charge is 0.492 e. The van der Waals surface area contributed by atoms with Crippen LogP contribution in [0.1, 0.15) is 31.2 Å². The Balaban J connectivity index is 1.52. The molecule has 0 atom stereocenters. The molecule has 1 aliphatic carbocycles. The van der Waals surface area contributed by atoms with Crippen LogP contribution in [0.2, 0.25) is 5.15 Å². The third kappa shape index (κ3) is 7.15. The van der Waals surface area contributed by atoms with Gasteiger partial charge in [0.1, 0.15) is 10.9 Å². The topological polar surface area (TPSA) is 28.6 Å². The maximum Gasteiger partial charge on any atom is 0.139 e. The fourth-order valence-electron chi connectivity index (χ4n) is 3.94. The first-order valence-electron chi connectivity index (χ1n) is 10.3. The highest BCUT2D eigenvalue weighted by molar-refractivity contribution is 7.99. The van der Waals surface area contributed by atoms with E-state index >= 15 is 0 Å². The SMILES string of the molecule is CN(C)CC1CCC(COc2cc(Cl)ncc2C#CCN2CCSCC2)CC1. The third-order valence-corrected chi connectivity index (χ3v) is 6.68. The summed E-state index contributed by atoms with van der Waals surface area (Å²) in [5.41, 5.74) is 0.845. The number of aromatic nitrogens is 1. The number of thioether (sulfide) groups is 1. The second-order valence-electron chi connectivity index (χ2n) is 8.15. The molecule has 1 aromatic rings. The zero-order chi connectivity index (χ0) is 19.8. The maximum atomic E-state index is 6.16.